The molecule has 0 amide bonds. The van der Waals surface area contributed by atoms with Crippen LogP contribution in [0.4, 0.5) is 0 Å². The summed E-state index contributed by atoms with van der Waals surface area (Å²) in [5.74, 6) is 0. The van der Waals surface area contributed by atoms with Gasteiger partial charge in [-0.15, -0.1) is 0 Å². The van der Waals surface area contributed by atoms with E-state index in [-0.39, 0.29) is 64.2 Å². The summed E-state index contributed by atoms with van der Waals surface area (Å²) in [7, 11) is 0. The van der Waals surface area contributed by atoms with E-state index in [0.717, 1.165) is 0 Å². The van der Waals surface area contributed by atoms with Crippen LogP contribution >= 0.6 is 12.2 Å². The van der Waals surface area contributed by atoms with Crippen LogP contribution in [0.5, 0.6) is 0 Å². The van der Waals surface area contributed by atoms with Gasteiger partial charge in [-0.3, -0.25) is 0 Å². The van der Waals surface area contributed by atoms with Crippen LogP contribution < -0.4 is 78.9 Å². The van der Waals surface area contributed by atoms with Crippen LogP contribution in [-0.2, 0) is 45.3 Å². The summed E-state index contributed by atoms with van der Waals surface area (Å²) in [5.41, 5.74) is 9.24. The fourth-order valence-corrected chi connectivity index (χ4v) is 1.74. The fraction of sp³-hybridized carbons (Fsp3) is 0. The van der Waals surface area contributed by atoms with Gasteiger partial charge in [-0.1, -0.05) is 0 Å². The van der Waals surface area contributed by atoms with Gasteiger partial charge in [0, 0.05) is 0 Å². The maximum absolute atomic E-state index is 9.38. The van der Waals surface area contributed by atoms with E-state index in [4.69, 9.17) is 0 Å². The first-order valence-corrected chi connectivity index (χ1v) is 6.69. The SMILES string of the molecule is NC(N)=S.[Na+].[Na+].[O]=[Cr](=[O])([O-])[O][Cr](=[O])(=[O])[O-]. The zero-order valence-corrected chi connectivity index (χ0v) is 15.1. The molecular formula is CH4Cr2N2Na2O7S. The third kappa shape index (κ3) is 49.4. The quantitative estimate of drug-likeness (QED) is 0.363. The Kier molecular flexibility index (Phi) is 18.7. The first-order valence-electron chi connectivity index (χ1n) is 2.11. The van der Waals surface area contributed by atoms with Crippen LogP contribution in [-0.4, -0.2) is 5.11 Å². The third-order valence-electron chi connectivity index (χ3n) is 0.167. The van der Waals surface area contributed by atoms with Crippen molar-refractivity contribution in [3.05, 3.63) is 0 Å². The Labute approximate surface area is 139 Å². The van der Waals surface area contributed by atoms with Crippen LogP contribution in [0, 0.1) is 0 Å². The van der Waals surface area contributed by atoms with Crippen molar-refractivity contribution >= 4 is 17.3 Å². The summed E-state index contributed by atoms with van der Waals surface area (Å²) in [6.07, 6.45) is 0. The van der Waals surface area contributed by atoms with Crippen molar-refractivity contribution in [2.45, 2.75) is 0 Å². The Bertz CT molecular complexity index is 328. The Hall–Kier alpha value is 1.83. The van der Waals surface area contributed by atoms with Gasteiger partial charge in [0.15, 0.2) is 5.11 Å². The second-order valence-corrected chi connectivity index (χ2v) is 5.40. The number of hydrogen-bond acceptors (Lipinski definition) is 8. The van der Waals surface area contributed by atoms with Crippen LogP contribution in [0.25, 0.3) is 0 Å². The monoisotopic (exact) mass is 338 g/mol. The van der Waals surface area contributed by atoms with Gasteiger partial charge in [0.25, 0.3) is 0 Å². The van der Waals surface area contributed by atoms with E-state index < -0.39 is 27.2 Å². The van der Waals surface area contributed by atoms with Crippen molar-refractivity contribution in [2.75, 3.05) is 0 Å². The van der Waals surface area contributed by atoms with Crippen LogP contribution in [0.2, 0.25) is 0 Å². The van der Waals surface area contributed by atoms with Gasteiger partial charge in [0.2, 0.25) is 0 Å². The first kappa shape index (κ1) is 25.6. The molecule has 0 aromatic rings. The molecule has 0 saturated heterocycles. The topological polar surface area (TPSA) is 176 Å². The van der Waals surface area contributed by atoms with Gasteiger partial charge < -0.3 is 11.5 Å². The van der Waals surface area contributed by atoms with E-state index in [2.05, 4.69) is 26.5 Å². The molecule has 0 aliphatic heterocycles. The number of nitrogens with two attached hydrogens (primary N) is 2. The normalized spacial score (nSPS) is 9.73. The number of rotatable bonds is 2. The van der Waals surface area contributed by atoms with E-state index in [1.54, 1.807) is 0 Å². The summed E-state index contributed by atoms with van der Waals surface area (Å²) in [5, 5.41) is 0.000000000000000222. The molecule has 0 aliphatic carbocycles. The minimum atomic E-state index is -6.07. The van der Waals surface area contributed by atoms with E-state index in [1.165, 1.54) is 0 Å². The average Bonchev–Trinajstić information content (AvgIpc) is 1.47. The van der Waals surface area contributed by atoms with Crippen molar-refractivity contribution in [2.24, 2.45) is 11.5 Å². The number of hydrogen-bond donors (Lipinski definition) is 2. The maximum atomic E-state index is 9.38. The molecule has 15 heavy (non-hydrogen) atoms. The molecular weight excluding hydrogens is 334 g/mol. The van der Waals surface area contributed by atoms with Gasteiger partial charge in [0.05, 0.1) is 0 Å². The van der Waals surface area contributed by atoms with Gasteiger partial charge in [-0.2, -0.15) is 0 Å². The van der Waals surface area contributed by atoms with Crippen LogP contribution in [0.3, 0.4) is 0 Å². The van der Waals surface area contributed by atoms with E-state index >= 15 is 0 Å². The summed E-state index contributed by atoms with van der Waals surface area (Å²) in [6, 6.07) is 0. The molecule has 0 heterocycles. The molecule has 0 rings (SSSR count). The van der Waals surface area contributed by atoms with E-state index in [1.807, 2.05) is 0 Å². The van der Waals surface area contributed by atoms with Crippen molar-refractivity contribution in [3.63, 3.8) is 0 Å². The van der Waals surface area contributed by atoms with E-state index in [9.17, 15) is 23.5 Å². The van der Waals surface area contributed by atoms with E-state index in [0.29, 0.717) is 0 Å². The van der Waals surface area contributed by atoms with Gasteiger partial charge in [0.1, 0.15) is 0 Å². The summed E-state index contributed by atoms with van der Waals surface area (Å²) in [4.78, 5) is 0. The van der Waals surface area contributed by atoms with Gasteiger partial charge >= 0.3 is 113 Å². The van der Waals surface area contributed by atoms with Crippen molar-refractivity contribution in [1.82, 2.24) is 0 Å². The van der Waals surface area contributed by atoms with Gasteiger partial charge in [-0.05, 0) is 12.2 Å². The molecule has 80 valence electrons. The molecule has 0 spiro atoms. The molecule has 9 nitrogen and oxygen atoms in total. The molecule has 0 aliphatic rings. The zero-order valence-electron chi connectivity index (χ0n) is 7.74. The first-order chi connectivity index (χ1) is 5.44. The summed E-state index contributed by atoms with van der Waals surface area (Å²) >= 11 is -8.05. The molecule has 0 fully saturated rings. The minimum absolute atomic E-state index is 0. The zero-order chi connectivity index (χ0) is 11.3. The van der Waals surface area contributed by atoms with Crippen LogP contribution in [0.1, 0.15) is 0 Å². The van der Waals surface area contributed by atoms with Crippen LogP contribution in [0.15, 0.2) is 0 Å². The molecule has 0 radical (unpaired) electrons. The molecule has 0 aromatic heterocycles. The molecule has 0 aromatic carbocycles. The molecule has 14 heteroatoms. The predicted molar refractivity (Wildman–Crippen MR) is 24.8 cm³/mol. The standard InChI is InChI=1S/CH4N2S.2Cr.2Na.7O/c2-1(3)4;;;;;;;;;;;/h(H4,2,3,4);;;;;;;;;;;/q;;;2*+1;;;;;;2*-1. The predicted octanol–water partition coefficient (Wildman–Crippen LogP) is -9.73. The Morgan fingerprint density at radius 2 is 1.13 bits per heavy atom. The average molecular weight is 338 g/mol. The molecule has 0 unspecified atom stereocenters. The molecule has 0 atom stereocenters. The Morgan fingerprint density at radius 3 is 1.13 bits per heavy atom. The second kappa shape index (κ2) is 11.0. The van der Waals surface area contributed by atoms with Gasteiger partial charge in [-0.25, -0.2) is 0 Å². The Morgan fingerprint density at radius 1 is 1.00 bits per heavy atom. The molecule has 0 bridgehead atoms. The number of thiocarbonyl (C=S) groups is 1. The molecule has 4 N–H and O–H groups in total. The third-order valence-corrected chi connectivity index (χ3v) is 2.83. The summed E-state index contributed by atoms with van der Waals surface area (Å²) < 4.78 is 58.9. The molecule has 0 saturated carbocycles. The van der Waals surface area contributed by atoms with Crippen molar-refractivity contribution in [3.8, 4) is 0 Å². The summed E-state index contributed by atoms with van der Waals surface area (Å²) in [6.45, 7) is 0. The second-order valence-electron chi connectivity index (χ2n) is 1.29. The van der Waals surface area contributed by atoms with Crippen molar-refractivity contribution < 1.29 is 113 Å². The Balaban J connectivity index is -0.0000000883. The van der Waals surface area contributed by atoms with Crippen molar-refractivity contribution in [1.29, 1.82) is 0 Å². The fourth-order valence-electron chi connectivity index (χ4n) is 0.102.